The number of ether oxygens (including phenoxy) is 3. The van der Waals surface area contributed by atoms with Gasteiger partial charge in [0.05, 0.1) is 23.4 Å². The number of benzene rings is 4. The fraction of sp³-hybridized carbons (Fsp3) is 0.243. The molecule has 10 nitrogen and oxygen atoms in total. The topological polar surface area (TPSA) is 109 Å². The molecule has 0 fully saturated rings. The maximum atomic E-state index is 12.3. The summed E-state index contributed by atoms with van der Waals surface area (Å²) in [5.74, 6) is 1.53. The van der Waals surface area contributed by atoms with E-state index >= 15 is 0 Å². The van der Waals surface area contributed by atoms with Gasteiger partial charge in [0.15, 0.2) is 11.5 Å². The van der Waals surface area contributed by atoms with Crippen molar-refractivity contribution >= 4 is 11.7 Å². The fourth-order valence-electron chi connectivity index (χ4n) is 5.88. The summed E-state index contributed by atoms with van der Waals surface area (Å²) in [6, 6.07) is 30.9. The maximum Gasteiger partial charge on any atom is 0.344 e. The van der Waals surface area contributed by atoms with Gasteiger partial charge >= 0.3 is 5.97 Å². The summed E-state index contributed by atoms with van der Waals surface area (Å²) in [6.45, 7) is 4.51. The Morgan fingerprint density at radius 1 is 0.894 bits per heavy atom. The van der Waals surface area contributed by atoms with E-state index in [1.807, 2.05) is 54.6 Å². The first-order valence-electron chi connectivity index (χ1n) is 15.6. The van der Waals surface area contributed by atoms with Crippen LogP contribution in [0.5, 0.6) is 11.5 Å². The molecule has 0 atom stereocenters. The smallest absolute Gasteiger partial charge is 0.344 e. The van der Waals surface area contributed by atoms with Gasteiger partial charge in [-0.3, -0.25) is 15.0 Å². The van der Waals surface area contributed by atoms with Gasteiger partial charge in [0.25, 0.3) is 5.69 Å². The number of nitro groups is 1. The molecule has 0 unspecified atom stereocenters. The molecule has 0 saturated carbocycles. The van der Waals surface area contributed by atoms with Gasteiger partial charge in [-0.2, -0.15) is 0 Å². The van der Waals surface area contributed by atoms with Crippen molar-refractivity contribution in [2.75, 3.05) is 13.9 Å². The summed E-state index contributed by atoms with van der Waals surface area (Å²) in [7, 11) is 1.21. The zero-order chi connectivity index (χ0) is 32.8. The first-order chi connectivity index (χ1) is 22.9. The summed E-state index contributed by atoms with van der Waals surface area (Å²) in [5.41, 5.74) is 5.29. The molecule has 2 heterocycles. The van der Waals surface area contributed by atoms with Crippen LogP contribution in [-0.2, 0) is 30.9 Å². The third-order valence-corrected chi connectivity index (χ3v) is 8.17. The van der Waals surface area contributed by atoms with Gasteiger partial charge in [-0.15, -0.1) is 0 Å². The lowest BCUT2D eigenvalue weighted by molar-refractivity contribution is -0.385. The Morgan fingerprint density at radius 3 is 2.23 bits per heavy atom. The number of carbonyl (C=O) groups excluding carboxylic acids is 1. The minimum absolute atomic E-state index is 0.0833. The van der Waals surface area contributed by atoms with E-state index in [0.29, 0.717) is 36.7 Å². The van der Waals surface area contributed by atoms with E-state index in [0.717, 1.165) is 53.3 Å². The molecule has 1 aliphatic heterocycles. The number of rotatable bonds is 13. The summed E-state index contributed by atoms with van der Waals surface area (Å²) in [5, 5.41) is 12.0. The number of imidazole rings is 1. The minimum atomic E-state index is -0.749. The van der Waals surface area contributed by atoms with Gasteiger partial charge in [-0.05, 0) is 35.7 Å². The fourth-order valence-corrected chi connectivity index (χ4v) is 5.88. The van der Waals surface area contributed by atoms with Crippen molar-refractivity contribution in [1.82, 2.24) is 14.5 Å². The summed E-state index contributed by atoms with van der Waals surface area (Å²) in [6.07, 6.45) is 1.99. The van der Waals surface area contributed by atoms with Gasteiger partial charge in [-0.25, -0.2) is 9.78 Å². The van der Waals surface area contributed by atoms with E-state index in [2.05, 4.69) is 40.7 Å². The molecular formula is C37H36N4O6. The standard InChI is InChI=1S/C37H36N4O6/c1-3-4-19-40-32(35(28-11-7-5-8-12-28)38-36(40)29-13-9-6-10-14-29)24-39(23-27-16-18-33-34(21-27)47-25-46-33)22-26-15-17-30(37(42)45-2)31(20-26)41(43)44/h5-18,20-21H,3-4,19,22-25H2,1-2H3. The number of carbonyl (C=O) groups is 1. The Kier molecular flexibility index (Phi) is 9.59. The van der Waals surface area contributed by atoms with Crippen molar-refractivity contribution in [1.29, 1.82) is 0 Å². The van der Waals surface area contributed by atoms with Crippen LogP contribution in [0.3, 0.4) is 0 Å². The quantitative estimate of drug-likeness (QED) is 0.0740. The normalized spacial score (nSPS) is 12.0. The summed E-state index contributed by atoms with van der Waals surface area (Å²) < 4.78 is 18.3. The molecule has 0 N–H and O–H groups in total. The molecule has 5 aromatic rings. The molecule has 0 aliphatic carbocycles. The molecule has 6 rings (SSSR count). The van der Waals surface area contributed by atoms with E-state index in [-0.39, 0.29) is 18.0 Å². The first-order valence-corrected chi connectivity index (χ1v) is 15.6. The molecule has 0 spiro atoms. The number of hydrogen-bond acceptors (Lipinski definition) is 8. The third-order valence-electron chi connectivity index (χ3n) is 8.17. The van der Waals surface area contributed by atoms with Crippen LogP contribution in [0, 0.1) is 10.1 Å². The van der Waals surface area contributed by atoms with Crippen LogP contribution in [0.15, 0.2) is 97.1 Å². The highest BCUT2D eigenvalue weighted by Crippen LogP contribution is 2.35. The highest BCUT2D eigenvalue weighted by Gasteiger charge is 2.25. The molecule has 0 bridgehead atoms. The van der Waals surface area contributed by atoms with E-state index in [1.165, 1.54) is 19.2 Å². The predicted molar refractivity (Wildman–Crippen MR) is 178 cm³/mol. The highest BCUT2D eigenvalue weighted by molar-refractivity contribution is 5.93. The molecule has 0 saturated heterocycles. The van der Waals surface area contributed by atoms with Crippen molar-refractivity contribution in [2.45, 2.75) is 45.9 Å². The SMILES string of the molecule is CCCCn1c(-c2ccccc2)nc(-c2ccccc2)c1CN(Cc1ccc2c(c1)OCO2)Cc1ccc(C(=O)OC)c([N+](=O)[O-])c1. The highest BCUT2D eigenvalue weighted by atomic mass is 16.7. The average molecular weight is 633 g/mol. The van der Waals surface area contributed by atoms with Crippen LogP contribution in [0.4, 0.5) is 5.69 Å². The van der Waals surface area contributed by atoms with Crippen LogP contribution in [0.25, 0.3) is 22.6 Å². The van der Waals surface area contributed by atoms with Crippen LogP contribution in [0.1, 0.15) is 46.9 Å². The lowest BCUT2D eigenvalue weighted by Crippen LogP contribution is -2.25. The predicted octanol–water partition coefficient (Wildman–Crippen LogP) is 7.64. The molecule has 10 heteroatoms. The van der Waals surface area contributed by atoms with Gasteiger partial charge < -0.3 is 18.8 Å². The molecular weight excluding hydrogens is 596 g/mol. The van der Waals surface area contributed by atoms with Gasteiger partial charge in [0.1, 0.15) is 11.4 Å². The minimum Gasteiger partial charge on any atom is -0.465 e. The Labute approximate surface area is 273 Å². The first kappa shape index (κ1) is 31.5. The Balaban J connectivity index is 1.45. The average Bonchev–Trinajstić information content (AvgIpc) is 3.72. The second-order valence-corrected chi connectivity index (χ2v) is 11.4. The van der Waals surface area contributed by atoms with Crippen LogP contribution in [-0.4, -0.2) is 39.2 Å². The lowest BCUT2D eigenvalue weighted by atomic mass is 10.1. The van der Waals surface area contributed by atoms with Crippen LogP contribution >= 0.6 is 0 Å². The van der Waals surface area contributed by atoms with E-state index in [1.54, 1.807) is 6.07 Å². The van der Waals surface area contributed by atoms with Crippen LogP contribution in [0.2, 0.25) is 0 Å². The molecule has 1 aromatic heterocycles. The van der Waals surface area contributed by atoms with E-state index in [9.17, 15) is 14.9 Å². The molecule has 47 heavy (non-hydrogen) atoms. The largest absolute Gasteiger partial charge is 0.465 e. The summed E-state index contributed by atoms with van der Waals surface area (Å²) in [4.78, 5) is 31.2. The van der Waals surface area contributed by atoms with Gasteiger partial charge in [-0.1, -0.05) is 86.1 Å². The lowest BCUT2D eigenvalue weighted by Gasteiger charge is -2.25. The zero-order valence-corrected chi connectivity index (χ0v) is 26.4. The number of esters is 1. The second kappa shape index (κ2) is 14.3. The molecule has 0 amide bonds. The molecule has 0 radical (unpaired) electrons. The maximum absolute atomic E-state index is 12.3. The number of methoxy groups -OCH3 is 1. The number of fused-ring (bicyclic) bond motifs is 1. The zero-order valence-electron chi connectivity index (χ0n) is 26.4. The Hall–Kier alpha value is -5.48. The van der Waals surface area contributed by atoms with E-state index in [4.69, 9.17) is 19.2 Å². The van der Waals surface area contributed by atoms with Gasteiger partial charge in [0, 0.05) is 43.4 Å². The number of aromatic nitrogens is 2. The number of unbranched alkanes of at least 4 members (excludes halogenated alkanes) is 1. The molecule has 4 aromatic carbocycles. The monoisotopic (exact) mass is 632 g/mol. The van der Waals surface area contributed by atoms with Crippen molar-refractivity contribution in [2.24, 2.45) is 0 Å². The third kappa shape index (κ3) is 7.02. The number of nitrogens with zero attached hydrogens (tertiary/aromatic N) is 4. The second-order valence-electron chi connectivity index (χ2n) is 11.4. The Morgan fingerprint density at radius 2 is 1.55 bits per heavy atom. The van der Waals surface area contributed by atoms with Crippen molar-refractivity contribution in [3.63, 3.8) is 0 Å². The molecule has 1 aliphatic rings. The van der Waals surface area contributed by atoms with Crippen molar-refractivity contribution in [3.8, 4) is 34.1 Å². The summed E-state index contributed by atoms with van der Waals surface area (Å²) >= 11 is 0. The number of nitro benzene ring substituents is 1. The van der Waals surface area contributed by atoms with E-state index < -0.39 is 10.9 Å². The van der Waals surface area contributed by atoms with Crippen molar-refractivity contribution in [3.05, 3.63) is 130 Å². The van der Waals surface area contributed by atoms with Crippen LogP contribution < -0.4 is 9.47 Å². The van der Waals surface area contributed by atoms with Gasteiger partial charge in [0.2, 0.25) is 6.79 Å². The van der Waals surface area contributed by atoms with Crippen molar-refractivity contribution < 1.29 is 23.9 Å². The Bertz CT molecular complexity index is 1870. The number of hydrogen-bond donors (Lipinski definition) is 0. The molecule has 240 valence electrons.